The fourth-order valence-electron chi connectivity index (χ4n) is 4.31. The van der Waals surface area contributed by atoms with Crippen molar-refractivity contribution < 1.29 is 14.3 Å². The van der Waals surface area contributed by atoms with Gasteiger partial charge in [-0.3, -0.25) is 9.78 Å². The standard InChI is InChI=1S/C25H24Cl2N2O3/c1-31-20-8-5-17(23(14-20)32-2)15-29-24(30)10-9-21(22-13-19(27)11-12-28-22)25(29)16-3-6-18(26)7-4-16/h3-8,11-14,21,25H,9-10,15H2,1-2H3. The number of aromatic nitrogens is 1. The van der Waals surface area contributed by atoms with E-state index < -0.39 is 0 Å². The van der Waals surface area contributed by atoms with Crippen molar-refractivity contribution in [3.63, 3.8) is 0 Å². The van der Waals surface area contributed by atoms with Crippen LogP contribution in [0.2, 0.25) is 10.0 Å². The lowest BCUT2D eigenvalue weighted by Gasteiger charge is -2.41. The van der Waals surface area contributed by atoms with Gasteiger partial charge in [-0.2, -0.15) is 0 Å². The normalized spacial score (nSPS) is 18.5. The highest BCUT2D eigenvalue weighted by Gasteiger charge is 2.38. The van der Waals surface area contributed by atoms with E-state index in [-0.39, 0.29) is 17.9 Å². The number of benzene rings is 2. The van der Waals surface area contributed by atoms with Crippen molar-refractivity contribution in [2.45, 2.75) is 31.3 Å². The van der Waals surface area contributed by atoms with Crippen LogP contribution in [0.3, 0.4) is 0 Å². The Labute approximate surface area is 197 Å². The number of ether oxygens (including phenoxy) is 2. The SMILES string of the molecule is COc1ccc(CN2C(=O)CCC(c3cc(Cl)ccn3)C2c2ccc(Cl)cc2)c(OC)c1. The van der Waals surface area contributed by atoms with Gasteiger partial charge in [-0.05, 0) is 48.4 Å². The van der Waals surface area contributed by atoms with Crippen LogP contribution in [0.1, 0.15) is 41.6 Å². The molecule has 7 heteroatoms. The van der Waals surface area contributed by atoms with E-state index in [0.717, 1.165) is 16.8 Å². The van der Waals surface area contributed by atoms with Crippen LogP contribution >= 0.6 is 23.2 Å². The molecule has 0 bridgehead atoms. The molecule has 32 heavy (non-hydrogen) atoms. The van der Waals surface area contributed by atoms with E-state index in [0.29, 0.717) is 40.9 Å². The summed E-state index contributed by atoms with van der Waals surface area (Å²) in [5, 5.41) is 1.28. The molecule has 0 aliphatic carbocycles. The zero-order valence-corrected chi connectivity index (χ0v) is 19.4. The summed E-state index contributed by atoms with van der Waals surface area (Å²) in [6.45, 7) is 0.399. The van der Waals surface area contributed by atoms with Crippen molar-refractivity contribution >= 4 is 29.1 Å². The molecule has 4 rings (SSSR count). The molecule has 2 heterocycles. The Kier molecular flexibility index (Phi) is 6.87. The molecule has 1 aliphatic rings. The molecule has 1 fully saturated rings. The molecular weight excluding hydrogens is 447 g/mol. The highest BCUT2D eigenvalue weighted by Crippen LogP contribution is 2.44. The number of rotatable bonds is 6. The summed E-state index contributed by atoms with van der Waals surface area (Å²) in [6.07, 6.45) is 2.83. The molecule has 2 aromatic carbocycles. The average Bonchev–Trinajstić information content (AvgIpc) is 2.81. The molecule has 0 N–H and O–H groups in total. The molecule has 166 valence electrons. The van der Waals surface area contributed by atoms with Crippen LogP contribution in [-0.4, -0.2) is 30.0 Å². The van der Waals surface area contributed by atoms with Crippen LogP contribution in [-0.2, 0) is 11.3 Å². The zero-order chi connectivity index (χ0) is 22.7. The minimum absolute atomic E-state index is 0.00295. The topological polar surface area (TPSA) is 51.7 Å². The maximum Gasteiger partial charge on any atom is 0.223 e. The van der Waals surface area contributed by atoms with E-state index in [4.69, 9.17) is 32.7 Å². The third-order valence-corrected chi connectivity index (χ3v) is 6.36. The second-order valence-corrected chi connectivity index (χ2v) is 8.61. The highest BCUT2D eigenvalue weighted by atomic mass is 35.5. The lowest BCUT2D eigenvalue weighted by atomic mass is 9.81. The molecular formula is C25H24Cl2N2O3. The zero-order valence-electron chi connectivity index (χ0n) is 17.9. The summed E-state index contributed by atoms with van der Waals surface area (Å²) in [5.41, 5.74) is 2.78. The monoisotopic (exact) mass is 470 g/mol. The first-order valence-electron chi connectivity index (χ1n) is 10.4. The maximum absolute atomic E-state index is 13.2. The summed E-state index contributed by atoms with van der Waals surface area (Å²) in [4.78, 5) is 19.7. The predicted octanol–water partition coefficient (Wildman–Crippen LogP) is 6.05. The van der Waals surface area contributed by atoms with Gasteiger partial charge >= 0.3 is 0 Å². The summed E-state index contributed by atoms with van der Waals surface area (Å²) in [5.74, 6) is 1.46. The largest absolute Gasteiger partial charge is 0.497 e. The summed E-state index contributed by atoms with van der Waals surface area (Å²) < 4.78 is 10.9. The predicted molar refractivity (Wildman–Crippen MR) is 126 cm³/mol. The summed E-state index contributed by atoms with van der Waals surface area (Å²) in [6, 6.07) is 16.7. The minimum Gasteiger partial charge on any atom is -0.497 e. The molecule has 0 spiro atoms. The van der Waals surface area contributed by atoms with Gasteiger partial charge in [0.1, 0.15) is 11.5 Å². The molecule has 2 atom stereocenters. The quantitative estimate of drug-likeness (QED) is 0.439. The Bertz CT molecular complexity index is 1100. The van der Waals surface area contributed by atoms with Crippen LogP contribution in [0.4, 0.5) is 0 Å². The molecule has 3 aromatic rings. The number of likely N-dealkylation sites (tertiary alicyclic amines) is 1. The number of halogens is 2. The fraction of sp³-hybridized carbons (Fsp3) is 0.280. The van der Waals surface area contributed by atoms with Crippen molar-refractivity contribution in [2.75, 3.05) is 14.2 Å². The van der Waals surface area contributed by atoms with Crippen LogP contribution in [0.25, 0.3) is 0 Å². The van der Waals surface area contributed by atoms with Gasteiger partial charge in [0.25, 0.3) is 0 Å². The number of hydrogen-bond donors (Lipinski definition) is 0. The van der Waals surface area contributed by atoms with Crippen LogP contribution < -0.4 is 9.47 Å². The maximum atomic E-state index is 13.2. The number of hydrogen-bond acceptors (Lipinski definition) is 4. The van der Waals surface area contributed by atoms with Crippen LogP contribution in [0.15, 0.2) is 60.8 Å². The van der Waals surface area contributed by atoms with E-state index >= 15 is 0 Å². The third kappa shape index (κ3) is 4.69. The lowest BCUT2D eigenvalue weighted by Crippen LogP contribution is -2.41. The number of pyridine rings is 1. The van der Waals surface area contributed by atoms with E-state index in [1.807, 2.05) is 53.4 Å². The van der Waals surface area contributed by atoms with Crippen molar-refractivity contribution in [2.24, 2.45) is 0 Å². The Morgan fingerprint density at radius 2 is 1.78 bits per heavy atom. The van der Waals surface area contributed by atoms with Crippen molar-refractivity contribution in [3.05, 3.63) is 87.7 Å². The second kappa shape index (κ2) is 9.80. The van der Waals surface area contributed by atoms with Crippen molar-refractivity contribution in [1.82, 2.24) is 9.88 Å². The Hall–Kier alpha value is -2.76. The number of amides is 1. The van der Waals surface area contributed by atoms with Gasteiger partial charge in [-0.15, -0.1) is 0 Å². The van der Waals surface area contributed by atoms with Crippen molar-refractivity contribution in [1.29, 1.82) is 0 Å². The van der Waals surface area contributed by atoms with E-state index in [9.17, 15) is 4.79 Å². The van der Waals surface area contributed by atoms with Gasteiger partial charge in [-0.1, -0.05) is 35.3 Å². The van der Waals surface area contributed by atoms with Crippen molar-refractivity contribution in [3.8, 4) is 11.5 Å². The van der Waals surface area contributed by atoms with Gasteiger partial charge in [0.05, 0.1) is 20.3 Å². The second-order valence-electron chi connectivity index (χ2n) is 7.74. The van der Waals surface area contributed by atoms with Gasteiger partial charge < -0.3 is 14.4 Å². The first-order valence-corrected chi connectivity index (χ1v) is 11.1. The molecule has 1 aromatic heterocycles. The van der Waals surface area contributed by atoms with Gasteiger partial charge in [0.2, 0.25) is 5.91 Å². The number of carbonyl (C=O) groups is 1. The van der Waals surface area contributed by atoms with E-state index in [1.54, 1.807) is 26.5 Å². The first-order chi connectivity index (χ1) is 15.5. The Morgan fingerprint density at radius 1 is 1.00 bits per heavy atom. The molecule has 5 nitrogen and oxygen atoms in total. The van der Waals surface area contributed by atoms with E-state index in [2.05, 4.69) is 4.98 Å². The lowest BCUT2D eigenvalue weighted by molar-refractivity contribution is -0.138. The van der Waals surface area contributed by atoms with Gasteiger partial charge in [0.15, 0.2) is 0 Å². The number of methoxy groups -OCH3 is 2. The number of carbonyl (C=O) groups excluding carboxylic acids is 1. The molecule has 1 saturated heterocycles. The smallest absolute Gasteiger partial charge is 0.223 e. The number of nitrogens with zero attached hydrogens (tertiary/aromatic N) is 2. The fourth-order valence-corrected chi connectivity index (χ4v) is 4.61. The van der Waals surface area contributed by atoms with Gasteiger partial charge in [0, 0.05) is 52.4 Å². The third-order valence-electron chi connectivity index (χ3n) is 5.88. The summed E-state index contributed by atoms with van der Waals surface area (Å²) >= 11 is 12.4. The van der Waals surface area contributed by atoms with Crippen LogP contribution in [0.5, 0.6) is 11.5 Å². The van der Waals surface area contributed by atoms with Crippen LogP contribution in [0, 0.1) is 0 Å². The Balaban J connectivity index is 1.77. The molecule has 1 aliphatic heterocycles. The molecule has 1 amide bonds. The van der Waals surface area contributed by atoms with E-state index in [1.165, 1.54) is 0 Å². The summed E-state index contributed by atoms with van der Waals surface area (Å²) in [7, 11) is 3.23. The first kappa shape index (κ1) is 22.4. The average molecular weight is 471 g/mol. The number of piperidine rings is 1. The molecule has 2 unspecified atom stereocenters. The minimum atomic E-state index is -0.216. The molecule has 0 radical (unpaired) electrons. The van der Waals surface area contributed by atoms with Gasteiger partial charge in [-0.25, -0.2) is 0 Å². The molecule has 0 saturated carbocycles. The highest BCUT2D eigenvalue weighted by molar-refractivity contribution is 6.30. The Morgan fingerprint density at radius 3 is 2.47 bits per heavy atom.